The molecule has 132 heavy (non-hydrogen) atoms. The summed E-state index contributed by atoms with van der Waals surface area (Å²) in [5, 5.41) is 106. The lowest BCUT2D eigenvalue weighted by molar-refractivity contribution is -0.135. The largest absolute Gasteiger partial charge is 0.508 e. The highest BCUT2D eigenvalue weighted by atomic mass is 16.3. The number of hydrogen-bond donors (Lipinski definition) is 29. The number of primary amides is 2. The minimum atomic E-state index is -1.49. The molecular formula is C88H136N26O18. The van der Waals surface area contributed by atoms with Gasteiger partial charge in [-0.1, -0.05) is 96.0 Å². The van der Waals surface area contributed by atoms with Crippen LogP contribution in [0.1, 0.15) is 179 Å². The van der Waals surface area contributed by atoms with E-state index in [0.717, 1.165) is 0 Å². The van der Waals surface area contributed by atoms with E-state index in [1.807, 2.05) is 0 Å². The van der Waals surface area contributed by atoms with Crippen molar-refractivity contribution in [3.8, 4) is 23.0 Å². The lowest BCUT2D eigenvalue weighted by Crippen LogP contribution is -2.59. The molecule has 0 spiro atoms. The second kappa shape index (κ2) is 59.8. The number of nitrogens with two attached hydrogens (primary N) is 6. The molecule has 0 heterocycles. The lowest BCUT2D eigenvalue weighted by atomic mass is 10.00. The molecule has 0 saturated heterocycles. The van der Waals surface area contributed by atoms with Gasteiger partial charge >= 0.3 is 6.03 Å². The van der Waals surface area contributed by atoms with E-state index >= 15 is 0 Å². The van der Waals surface area contributed by atoms with Crippen molar-refractivity contribution in [3.63, 3.8) is 0 Å². The summed E-state index contributed by atoms with van der Waals surface area (Å²) in [4.78, 5) is 198. The van der Waals surface area contributed by atoms with Gasteiger partial charge in [0, 0.05) is 84.2 Å². The molecule has 0 bridgehead atoms. The van der Waals surface area contributed by atoms with Crippen molar-refractivity contribution < 1.29 is 87.5 Å². The summed E-state index contributed by atoms with van der Waals surface area (Å²) in [5.74, 6) is -12.1. The Labute approximate surface area is 767 Å². The van der Waals surface area contributed by atoms with Gasteiger partial charge in [-0.3, -0.25) is 78.6 Å². The number of guanidine groups is 4. The molecule has 0 saturated carbocycles. The maximum atomic E-state index is 14.9. The number of phenolic OH excluding ortho intramolecular Hbond substituents is 4. The molecule has 15 amide bonds. The van der Waals surface area contributed by atoms with Crippen LogP contribution in [0.25, 0.3) is 0 Å². The number of aliphatic imine (C=N–C) groups is 1. The summed E-state index contributed by atoms with van der Waals surface area (Å²) < 4.78 is 0. The molecule has 0 aromatic heterocycles. The van der Waals surface area contributed by atoms with Crippen LogP contribution in [0.2, 0.25) is 0 Å². The highest BCUT2D eigenvalue weighted by molar-refractivity contribution is 5.99. The number of benzene rings is 4. The second-order valence-electron chi connectivity index (χ2n) is 32.8. The fourth-order valence-corrected chi connectivity index (χ4v) is 13.5. The molecule has 726 valence electrons. The lowest BCUT2D eigenvalue weighted by Gasteiger charge is -2.28. The first kappa shape index (κ1) is 110. The van der Waals surface area contributed by atoms with Crippen LogP contribution < -0.4 is 119 Å². The number of phenols is 4. The van der Waals surface area contributed by atoms with E-state index < -0.39 is 137 Å². The predicted octanol–water partition coefficient (Wildman–Crippen LogP) is -1.48. The van der Waals surface area contributed by atoms with Gasteiger partial charge in [-0.15, -0.1) is 0 Å². The molecule has 4 aromatic rings. The second-order valence-corrected chi connectivity index (χ2v) is 32.8. The van der Waals surface area contributed by atoms with E-state index in [-0.39, 0.29) is 213 Å². The fraction of sp³-hybridized carbons (Fsp3) is 0.523. The summed E-state index contributed by atoms with van der Waals surface area (Å²) in [7, 11) is 0. The molecular weight excluding hydrogens is 1710 g/mol. The number of hydrogen-bond acceptors (Lipinski definition) is 21. The van der Waals surface area contributed by atoms with Crippen LogP contribution in [0.15, 0.2) is 102 Å². The Bertz CT molecular complexity index is 4470. The van der Waals surface area contributed by atoms with Crippen LogP contribution in [0.4, 0.5) is 4.79 Å². The third-order valence-corrected chi connectivity index (χ3v) is 20.6. The molecule has 0 unspecified atom stereocenters. The highest BCUT2D eigenvalue weighted by Crippen LogP contribution is 2.20. The van der Waals surface area contributed by atoms with Gasteiger partial charge in [-0.05, 0) is 173 Å². The van der Waals surface area contributed by atoms with Gasteiger partial charge in [0.2, 0.25) is 76.8 Å². The Morgan fingerprint density at radius 3 is 0.826 bits per heavy atom. The van der Waals surface area contributed by atoms with Crippen LogP contribution in [-0.4, -0.2) is 227 Å². The average molecular weight is 1850 g/mol. The topological polar surface area (TPSA) is 752 Å². The Morgan fingerprint density at radius 1 is 0.295 bits per heavy atom. The Balaban J connectivity index is 1.57. The summed E-state index contributed by atoms with van der Waals surface area (Å²) >= 11 is 0. The average Bonchev–Trinajstić information content (AvgIpc) is 0.853. The third kappa shape index (κ3) is 46.1. The number of carbonyl (C=O) groups is 14. The first-order valence-corrected chi connectivity index (χ1v) is 44.3. The van der Waals surface area contributed by atoms with E-state index in [4.69, 9.17) is 50.6 Å². The van der Waals surface area contributed by atoms with Crippen LogP contribution in [-0.2, 0) is 88.0 Å². The first-order chi connectivity index (χ1) is 62.7. The smallest absolute Gasteiger partial charge is 0.344 e. The van der Waals surface area contributed by atoms with Gasteiger partial charge in [0.05, 0.1) is 0 Å². The van der Waals surface area contributed by atoms with Crippen molar-refractivity contribution in [1.29, 1.82) is 16.2 Å². The zero-order valence-electron chi connectivity index (χ0n) is 75.6. The molecule has 44 heteroatoms. The fourth-order valence-electron chi connectivity index (χ4n) is 13.5. The van der Waals surface area contributed by atoms with Crippen molar-refractivity contribution >= 4 is 107 Å². The highest BCUT2D eigenvalue weighted by Gasteiger charge is 2.36. The number of rotatable bonds is 61. The van der Waals surface area contributed by atoms with Crippen molar-refractivity contribution in [3.05, 3.63) is 119 Å². The minimum absolute atomic E-state index is 0.00570. The summed E-state index contributed by atoms with van der Waals surface area (Å²) in [6.45, 7) is 9.66. The van der Waals surface area contributed by atoms with Gasteiger partial charge < -0.3 is 140 Å². The quantitative estimate of drug-likeness (QED) is 0.0136. The standard InChI is InChI=1S/C88H136N26O18/c1-6-71(119)98-39-11-12-40-103-88(132)114-87(97)102-44-16-20-64(79(127)113-68(46-52(4)5)81(129)107-62(18-14-42-100-85(93)94)77(125)111-66(75(90)123)48-54-25-33-58(116)34-26-54)109-83(131)70(50-56-29-37-60(118)38-30-56)105-73(121)22-10-8-7-9-21-72(120)104-69(49-55-27-35-59(117)36-28-55)82(130)108-63(19-15-43-101-86(95)96)78(126)112-67(45-51(2)3)80(128)106-61(17-13-41-99-84(91)92)76(124)110-65(74(89)122)47-53-23-31-57(115)32-24-53/h23-38,51-52,61-70,115-118H,6-22,39-50H2,1-5H3,(H2,89,122)(H2,90,123)(H,98,119)(H,104,120)(H,105,121)(H,106,128)(H,107,129)(H,108,130)(H,109,131)(H,110,124)(H,111,125)(H,112,126)(H,113,127)(H4,91,92,99)(H4,93,94,100)(H4,95,96,101)(H4,97,102,103,114,132)/t61-,62-,63-,64-,65-,66-,67-,68-,69-,70-/m0/s1. The van der Waals surface area contributed by atoms with Gasteiger partial charge in [0.25, 0.3) is 0 Å². The molecule has 4 rings (SSSR count). The maximum absolute atomic E-state index is 14.9. The summed E-state index contributed by atoms with van der Waals surface area (Å²) in [6, 6.07) is 8.79. The van der Waals surface area contributed by atoms with Crippen LogP contribution >= 0.6 is 0 Å². The molecule has 10 atom stereocenters. The van der Waals surface area contributed by atoms with E-state index in [0.29, 0.717) is 60.9 Å². The summed E-state index contributed by atoms with van der Waals surface area (Å²) in [5.41, 5.74) is 36.2. The van der Waals surface area contributed by atoms with Crippen molar-refractivity contribution in [2.45, 2.75) is 243 Å². The monoisotopic (exact) mass is 1850 g/mol. The minimum Gasteiger partial charge on any atom is -0.508 e. The molecule has 44 nitrogen and oxygen atoms in total. The van der Waals surface area contributed by atoms with Gasteiger partial charge in [0.1, 0.15) is 83.4 Å². The zero-order valence-corrected chi connectivity index (χ0v) is 75.6. The normalized spacial score (nSPS) is 13.4. The summed E-state index contributed by atoms with van der Waals surface area (Å²) in [6.07, 6.45) is 1.84. The molecule has 35 N–H and O–H groups in total. The van der Waals surface area contributed by atoms with Crippen LogP contribution in [0, 0.1) is 28.1 Å². The SMILES string of the molecule is CCC(=O)NCCCCNC(=O)N=C(N)NCCC[C@H](NC(=O)[C@H](Cc1ccc(O)cc1)NC(=O)CCCCCCC(=O)N[C@@H](Cc1ccc(O)cc1)C(=O)N[C@@H](CCCNC(=N)N)C(=O)N[C@@H](CC(C)C)C(=O)N[C@@H](CCCNC(=N)N)C(=O)N[C@@H](Cc1ccc(O)cc1)C(N)=O)C(=O)N[C@@H](CC(C)C)C(=O)N[C@@H](CCCNC(=N)N)C(=O)N[C@@H](Cc1ccc(O)cc1)C(N)=O. The Hall–Kier alpha value is -14.3. The number of nitrogens with zero attached hydrogens (tertiary/aromatic N) is 1. The van der Waals surface area contributed by atoms with Crippen LogP contribution in [0.3, 0.4) is 0 Å². The van der Waals surface area contributed by atoms with E-state index in [2.05, 4.69) is 90.1 Å². The van der Waals surface area contributed by atoms with E-state index in [1.165, 1.54) is 97.1 Å². The van der Waals surface area contributed by atoms with Gasteiger partial charge in [0.15, 0.2) is 23.8 Å². The first-order valence-electron chi connectivity index (χ1n) is 44.3. The van der Waals surface area contributed by atoms with Crippen molar-refractivity contribution in [1.82, 2.24) is 85.1 Å². The number of unbranched alkanes of at least 4 members (excludes halogenated alkanes) is 4. The number of urea groups is 1. The molecule has 0 fully saturated rings. The molecule has 0 aliphatic heterocycles. The van der Waals surface area contributed by atoms with Gasteiger partial charge in [-0.2, -0.15) is 4.99 Å². The predicted molar refractivity (Wildman–Crippen MR) is 494 cm³/mol. The van der Waals surface area contributed by atoms with E-state index in [1.54, 1.807) is 34.6 Å². The molecule has 0 aliphatic carbocycles. The number of amides is 15. The van der Waals surface area contributed by atoms with Crippen molar-refractivity contribution in [2.75, 3.05) is 39.3 Å². The molecule has 4 aromatic carbocycles. The zero-order chi connectivity index (χ0) is 97.8. The number of nitrogens with one attached hydrogen (secondary N) is 19. The van der Waals surface area contributed by atoms with Crippen LogP contribution in [0.5, 0.6) is 23.0 Å². The maximum Gasteiger partial charge on any atom is 0.344 e. The Kier molecular flexibility index (Phi) is 49.8. The number of aromatic hydroxyl groups is 4. The molecule has 0 aliphatic rings. The van der Waals surface area contributed by atoms with Gasteiger partial charge in [-0.25, -0.2) is 4.79 Å². The third-order valence-electron chi connectivity index (χ3n) is 20.6. The molecule has 0 radical (unpaired) electrons. The van der Waals surface area contributed by atoms with Crippen molar-refractivity contribution in [2.24, 2.45) is 51.2 Å². The Morgan fingerprint density at radius 2 is 0.545 bits per heavy atom. The van der Waals surface area contributed by atoms with E-state index in [9.17, 15) is 87.5 Å². The number of carbonyl (C=O) groups excluding carboxylic acids is 14.